The number of aliphatic carboxylic acids is 1. The molecule has 0 saturated heterocycles. The highest BCUT2D eigenvalue weighted by molar-refractivity contribution is 5.90. The molecule has 0 aliphatic rings. The molecular formula is C12H18N2O3. The Hall–Kier alpha value is -2.04. The minimum Gasteiger partial charge on any atom is -0.478 e. The molecule has 0 aromatic rings. The van der Waals surface area contributed by atoms with Crippen LogP contribution in [0.5, 0.6) is 0 Å². The Kier molecular flexibility index (Phi) is 6.40. The highest BCUT2D eigenvalue weighted by atomic mass is 16.4. The quantitative estimate of drug-likeness (QED) is 0.480. The Bertz CT molecular complexity index is 381. The van der Waals surface area contributed by atoms with Gasteiger partial charge in [-0.25, -0.2) is 4.79 Å². The zero-order valence-corrected chi connectivity index (χ0v) is 10.1. The number of nitrogens with one attached hydrogen (secondary N) is 1. The molecule has 0 saturated carbocycles. The van der Waals surface area contributed by atoms with Gasteiger partial charge in [-0.2, -0.15) is 0 Å². The van der Waals surface area contributed by atoms with Crippen molar-refractivity contribution in [1.29, 1.82) is 0 Å². The topological polar surface area (TPSA) is 92.4 Å². The van der Waals surface area contributed by atoms with Crippen molar-refractivity contribution in [3.63, 3.8) is 0 Å². The maximum absolute atomic E-state index is 11.2. The van der Waals surface area contributed by atoms with Crippen LogP contribution in [0.3, 0.4) is 0 Å². The van der Waals surface area contributed by atoms with Crippen LogP contribution in [0.25, 0.3) is 0 Å². The lowest BCUT2D eigenvalue weighted by molar-refractivity contribution is -0.132. The second-order valence-corrected chi connectivity index (χ2v) is 3.65. The first kappa shape index (κ1) is 15.0. The molecule has 4 N–H and O–H groups in total. The van der Waals surface area contributed by atoms with Crippen molar-refractivity contribution in [2.24, 2.45) is 5.73 Å². The molecule has 5 heteroatoms. The molecule has 0 rings (SSSR count). The molecule has 5 nitrogen and oxygen atoms in total. The van der Waals surface area contributed by atoms with Crippen molar-refractivity contribution < 1.29 is 14.7 Å². The zero-order chi connectivity index (χ0) is 13.4. The van der Waals surface area contributed by atoms with Gasteiger partial charge in [-0.1, -0.05) is 19.1 Å². The van der Waals surface area contributed by atoms with Gasteiger partial charge in [-0.05, 0) is 25.5 Å². The van der Waals surface area contributed by atoms with Crippen LogP contribution in [0.4, 0.5) is 0 Å². The van der Waals surface area contributed by atoms with Crippen LogP contribution in [0.15, 0.2) is 35.7 Å². The fraction of sp³-hybridized carbons (Fsp3) is 0.333. The molecule has 0 bridgehead atoms. The summed E-state index contributed by atoms with van der Waals surface area (Å²) in [7, 11) is 0. The van der Waals surface area contributed by atoms with Crippen molar-refractivity contribution in [1.82, 2.24) is 5.32 Å². The van der Waals surface area contributed by atoms with E-state index in [1.54, 1.807) is 6.92 Å². The van der Waals surface area contributed by atoms with E-state index in [1.807, 2.05) is 6.92 Å². The third kappa shape index (κ3) is 6.94. The number of carboxylic acid groups (broad SMARTS) is 1. The Balaban J connectivity index is 4.78. The Morgan fingerprint density at radius 1 is 1.41 bits per heavy atom. The highest BCUT2D eigenvalue weighted by Crippen LogP contribution is 2.03. The van der Waals surface area contributed by atoms with Crippen LogP contribution < -0.4 is 11.1 Å². The van der Waals surface area contributed by atoms with Gasteiger partial charge in [0.25, 0.3) is 0 Å². The third-order valence-electron chi connectivity index (χ3n) is 1.72. The van der Waals surface area contributed by atoms with Crippen molar-refractivity contribution in [2.45, 2.75) is 26.7 Å². The van der Waals surface area contributed by atoms with Gasteiger partial charge in [-0.15, -0.1) is 0 Å². The van der Waals surface area contributed by atoms with E-state index in [0.717, 1.165) is 0 Å². The molecule has 0 heterocycles. The van der Waals surface area contributed by atoms with Crippen LogP contribution in [-0.2, 0) is 9.59 Å². The summed E-state index contributed by atoms with van der Waals surface area (Å²) in [6.45, 7) is 7.11. The minimum atomic E-state index is -1.12. The number of amides is 1. The second-order valence-electron chi connectivity index (χ2n) is 3.65. The van der Waals surface area contributed by atoms with E-state index < -0.39 is 5.97 Å². The van der Waals surface area contributed by atoms with Gasteiger partial charge in [0.05, 0.1) is 5.57 Å². The van der Waals surface area contributed by atoms with Crippen molar-refractivity contribution in [3.05, 3.63) is 35.7 Å². The van der Waals surface area contributed by atoms with Gasteiger partial charge in [0.2, 0.25) is 5.91 Å². The van der Waals surface area contributed by atoms with Crippen LogP contribution >= 0.6 is 0 Å². The predicted octanol–water partition coefficient (Wildman–Crippen LogP) is 1.29. The number of allylic oxidation sites excluding steroid dienone is 2. The SMILES string of the molecule is C=C(C)/C=C(\C=C(/N)NC(=O)CCC)C(=O)O. The molecule has 0 aliphatic heterocycles. The largest absolute Gasteiger partial charge is 0.478 e. The number of carbonyl (C=O) groups is 2. The number of carbonyl (C=O) groups excluding carboxylic acids is 1. The van der Waals surface area contributed by atoms with E-state index in [4.69, 9.17) is 10.8 Å². The molecule has 0 unspecified atom stereocenters. The third-order valence-corrected chi connectivity index (χ3v) is 1.72. The number of carboxylic acids is 1. The van der Waals surface area contributed by atoms with Gasteiger partial charge < -0.3 is 16.2 Å². The van der Waals surface area contributed by atoms with Crippen molar-refractivity contribution >= 4 is 11.9 Å². The normalized spacial score (nSPS) is 12.1. The average Bonchev–Trinajstić information content (AvgIpc) is 2.15. The van der Waals surface area contributed by atoms with E-state index in [0.29, 0.717) is 18.4 Å². The zero-order valence-electron chi connectivity index (χ0n) is 10.1. The summed E-state index contributed by atoms with van der Waals surface area (Å²) in [5.74, 6) is -1.35. The first-order valence-electron chi connectivity index (χ1n) is 5.24. The number of hydrogen-bond acceptors (Lipinski definition) is 3. The first-order valence-corrected chi connectivity index (χ1v) is 5.24. The second kappa shape index (κ2) is 7.27. The molecule has 0 aromatic heterocycles. The number of rotatable bonds is 6. The fourth-order valence-electron chi connectivity index (χ4n) is 1.08. The molecule has 94 valence electrons. The molecule has 1 amide bonds. The molecule has 0 radical (unpaired) electrons. The molecule has 0 fully saturated rings. The molecule has 17 heavy (non-hydrogen) atoms. The smallest absolute Gasteiger partial charge is 0.335 e. The predicted molar refractivity (Wildman–Crippen MR) is 65.9 cm³/mol. The lowest BCUT2D eigenvalue weighted by Gasteiger charge is -2.04. The molecule has 0 atom stereocenters. The van der Waals surface area contributed by atoms with Crippen LogP contribution in [0.1, 0.15) is 26.7 Å². The van der Waals surface area contributed by atoms with Crippen LogP contribution in [0.2, 0.25) is 0 Å². The summed E-state index contributed by atoms with van der Waals surface area (Å²) in [4.78, 5) is 22.1. The summed E-state index contributed by atoms with van der Waals surface area (Å²) >= 11 is 0. The van der Waals surface area contributed by atoms with Gasteiger partial charge >= 0.3 is 5.97 Å². The monoisotopic (exact) mass is 238 g/mol. The maximum atomic E-state index is 11.2. The van der Waals surface area contributed by atoms with E-state index in [-0.39, 0.29) is 17.3 Å². The van der Waals surface area contributed by atoms with E-state index in [2.05, 4.69) is 11.9 Å². The summed E-state index contributed by atoms with van der Waals surface area (Å²) in [5.41, 5.74) is 6.08. The summed E-state index contributed by atoms with van der Waals surface area (Å²) in [6.07, 6.45) is 3.62. The highest BCUT2D eigenvalue weighted by Gasteiger charge is 2.06. The van der Waals surface area contributed by atoms with E-state index >= 15 is 0 Å². The fourth-order valence-corrected chi connectivity index (χ4v) is 1.08. The molecule has 0 aromatic carbocycles. The van der Waals surface area contributed by atoms with E-state index in [1.165, 1.54) is 12.2 Å². The van der Waals surface area contributed by atoms with Gasteiger partial charge in [0.1, 0.15) is 5.82 Å². The lowest BCUT2D eigenvalue weighted by atomic mass is 10.2. The summed E-state index contributed by atoms with van der Waals surface area (Å²) in [6, 6.07) is 0. The maximum Gasteiger partial charge on any atom is 0.335 e. The minimum absolute atomic E-state index is 0.0124. The Morgan fingerprint density at radius 3 is 2.41 bits per heavy atom. The summed E-state index contributed by atoms with van der Waals surface area (Å²) in [5, 5.41) is 11.3. The van der Waals surface area contributed by atoms with E-state index in [9.17, 15) is 9.59 Å². The van der Waals surface area contributed by atoms with Crippen molar-refractivity contribution in [3.8, 4) is 0 Å². The number of nitrogens with two attached hydrogens (primary N) is 1. The van der Waals surface area contributed by atoms with Crippen molar-refractivity contribution in [2.75, 3.05) is 0 Å². The standard InChI is InChI=1S/C12H18N2O3/c1-4-5-11(15)14-10(13)7-9(12(16)17)6-8(2)3/h6-7H,2,4-5,13H2,1,3H3,(H,14,15)(H,16,17)/b9-6+,10-7+. The lowest BCUT2D eigenvalue weighted by Crippen LogP contribution is -2.27. The van der Waals surface area contributed by atoms with Crippen LogP contribution in [-0.4, -0.2) is 17.0 Å². The Labute approximate surface area is 101 Å². The van der Waals surface area contributed by atoms with Crippen LogP contribution in [0, 0.1) is 0 Å². The Morgan fingerprint density at radius 2 is 2.00 bits per heavy atom. The first-order chi connectivity index (χ1) is 7.86. The van der Waals surface area contributed by atoms with Gasteiger partial charge in [0, 0.05) is 6.42 Å². The molecule has 0 spiro atoms. The average molecular weight is 238 g/mol. The van der Waals surface area contributed by atoms with Gasteiger partial charge in [0.15, 0.2) is 0 Å². The summed E-state index contributed by atoms with van der Waals surface area (Å²) < 4.78 is 0. The number of hydrogen-bond donors (Lipinski definition) is 3. The molecule has 0 aliphatic carbocycles. The molecular weight excluding hydrogens is 220 g/mol. The van der Waals surface area contributed by atoms with Gasteiger partial charge in [-0.3, -0.25) is 4.79 Å².